The van der Waals surface area contributed by atoms with Gasteiger partial charge >= 0.3 is 0 Å². The molecule has 1 nitrogen and oxygen atoms in total. The Morgan fingerprint density at radius 2 is 0.846 bits per heavy atom. The van der Waals surface area contributed by atoms with Gasteiger partial charge in [0.2, 0.25) is 0 Å². The van der Waals surface area contributed by atoms with Gasteiger partial charge in [0.1, 0.15) is 5.41 Å². The second kappa shape index (κ2) is 13.4. The molecule has 1 aliphatic carbocycles. The standard InChI is InChI=1S/C51H35N/c1-5-16-38(17-6-1)36-37-51(43-32-28-41(29-33-43)39-18-7-2-8-19-39)47-25-14-13-24-46(47)50-48(51)26-15-27-49(50)52(44-22-11-4-12-23-44)45-34-30-42(31-35-45)40-20-9-3-10-21-40/h1-35H. The Bertz CT molecular complexity index is 2530. The minimum Gasteiger partial charge on any atom is -0.310 e. The third kappa shape index (κ3) is 5.48. The van der Waals surface area contributed by atoms with Crippen molar-refractivity contribution < 1.29 is 0 Å². The summed E-state index contributed by atoms with van der Waals surface area (Å²) in [6, 6.07) is 75.7. The summed E-state index contributed by atoms with van der Waals surface area (Å²) < 4.78 is 0. The smallest absolute Gasteiger partial charge is 0.108 e. The van der Waals surface area contributed by atoms with Gasteiger partial charge in [-0.1, -0.05) is 182 Å². The van der Waals surface area contributed by atoms with Crippen molar-refractivity contribution in [2.24, 2.45) is 0 Å². The lowest BCUT2D eigenvalue weighted by Crippen LogP contribution is -2.25. The first kappa shape index (κ1) is 31.1. The summed E-state index contributed by atoms with van der Waals surface area (Å²) in [5.74, 6) is 7.53. The Morgan fingerprint density at radius 1 is 0.365 bits per heavy atom. The number of nitrogens with zero attached hydrogens (tertiary/aromatic N) is 1. The van der Waals surface area contributed by atoms with Gasteiger partial charge in [0.25, 0.3) is 0 Å². The van der Waals surface area contributed by atoms with E-state index in [-0.39, 0.29) is 0 Å². The van der Waals surface area contributed by atoms with Gasteiger partial charge in [-0.05, 0) is 87.0 Å². The van der Waals surface area contributed by atoms with Crippen LogP contribution < -0.4 is 4.90 Å². The highest BCUT2D eigenvalue weighted by Gasteiger charge is 2.45. The van der Waals surface area contributed by atoms with E-state index in [2.05, 4.69) is 223 Å². The predicted octanol–water partition coefficient (Wildman–Crippen LogP) is 12.9. The Morgan fingerprint density at radius 3 is 1.48 bits per heavy atom. The minimum atomic E-state index is -0.702. The minimum absolute atomic E-state index is 0.702. The third-order valence-electron chi connectivity index (χ3n) is 10.1. The molecule has 8 aromatic rings. The van der Waals surface area contributed by atoms with E-state index in [1.807, 2.05) is 6.07 Å². The van der Waals surface area contributed by atoms with Crippen molar-refractivity contribution in [2.45, 2.75) is 5.41 Å². The monoisotopic (exact) mass is 661 g/mol. The van der Waals surface area contributed by atoms with Crippen molar-refractivity contribution in [2.75, 3.05) is 4.90 Å². The van der Waals surface area contributed by atoms with Crippen molar-refractivity contribution in [3.63, 3.8) is 0 Å². The van der Waals surface area contributed by atoms with Crippen molar-refractivity contribution in [3.8, 4) is 45.2 Å². The predicted molar refractivity (Wildman–Crippen MR) is 217 cm³/mol. The molecule has 8 aromatic carbocycles. The average molecular weight is 662 g/mol. The van der Waals surface area contributed by atoms with Crippen molar-refractivity contribution in [3.05, 3.63) is 235 Å². The Balaban J connectivity index is 1.28. The van der Waals surface area contributed by atoms with Gasteiger partial charge in [-0.15, -0.1) is 0 Å². The lowest BCUT2D eigenvalue weighted by molar-refractivity contribution is 0.837. The molecule has 0 aromatic heterocycles. The molecule has 244 valence electrons. The van der Waals surface area contributed by atoms with E-state index in [1.54, 1.807) is 0 Å². The van der Waals surface area contributed by atoms with E-state index in [0.29, 0.717) is 0 Å². The molecule has 9 rings (SSSR count). The maximum atomic E-state index is 3.90. The van der Waals surface area contributed by atoms with Gasteiger partial charge in [-0.25, -0.2) is 0 Å². The lowest BCUT2D eigenvalue weighted by Gasteiger charge is -2.30. The summed E-state index contributed by atoms with van der Waals surface area (Å²) in [6.07, 6.45) is 0. The number of hydrogen-bond acceptors (Lipinski definition) is 1. The van der Waals surface area contributed by atoms with E-state index in [4.69, 9.17) is 0 Å². The van der Waals surface area contributed by atoms with E-state index in [1.165, 1.54) is 44.5 Å². The number of hydrogen-bond donors (Lipinski definition) is 0. The number of fused-ring (bicyclic) bond motifs is 3. The van der Waals surface area contributed by atoms with Gasteiger partial charge in [-0.2, -0.15) is 0 Å². The van der Waals surface area contributed by atoms with Crippen LogP contribution in [0.3, 0.4) is 0 Å². The Kier molecular flexibility index (Phi) is 8.05. The fraction of sp³-hybridized carbons (Fsp3) is 0.0196. The highest BCUT2D eigenvalue weighted by Crippen LogP contribution is 2.56. The second-order valence-electron chi connectivity index (χ2n) is 13.1. The molecule has 0 aliphatic heterocycles. The molecule has 1 heteroatoms. The molecule has 0 fully saturated rings. The first-order chi connectivity index (χ1) is 25.8. The van der Waals surface area contributed by atoms with Crippen molar-refractivity contribution in [1.82, 2.24) is 0 Å². The first-order valence-electron chi connectivity index (χ1n) is 17.8. The highest BCUT2D eigenvalue weighted by molar-refractivity contribution is 5.97. The Labute approximate surface area is 306 Å². The number of benzene rings is 8. The van der Waals surface area contributed by atoms with Crippen LogP contribution in [0.25, 0.3) is 33.4 Å². The van der Waals surface area contributed by atoms with Gasteiger partial charge in [0.15, 0.2) is 0 Å². The van der Waals surface area contributed by atoms with Crippen molar-refractivity contribution >= 4 is 17.1 Å². The highest BCUT2D eigenvalue weighted by atomic mass is 15.1. The molecule has 1 unspecified atom stereocenters. The van der Waals surface area contributed by atoms with Crippen LogP contribution in [0.4, 0.5) is 17.1 Å². The van der Waals surface area contributed by atoms with E-state index in [9.17, 15) is 0 Å². The van der Waals surface area contributed by atoms with Gasteiger partial charge in [0, 0.05) is 22.5 Å². The molecule has 0 heterocycles. The van der Waals surface area contributed by atoms with Gasteiger partial charge < -0.3 is 4.90 Å². The molecule has 0 saturated carbocycles. The van der Waals surface area contributed by atoms with Crippen LogP contribution >= 0.6 is 0 Å². The summed E-state index contributed by atoms with van der Waals surface area (Å²) in [5.41, 5.74) is 14.3. The molecule has 0 saturated heterocycles. The largest absolute Gasteiger partial charge is 0.310 e. The molecule has 0 amide bonds. The van der Waals surface area contributed by atoms with Crippen LogP contribution in [0.5, 0.6) is 0 Å². The van der Waals surface area contributed by atoms with Crippen molar-refractivity contribution in [1.29, 1.82) is 0 Å². The van der Waals surface area contributed by atoms with E-state index in [0.717, 1.165) is 28.2 Å². The zero-order chi connectivity index (χ0) is 34.7. The molecule has 0 bridgehead atoms. The summed E-state index contributed by atoms with van der Waals surface area (Å²) in [7, 11) is 0. The number of rotatable bonds is 6. The first-order valence-corrected chi connectivity index (χ1v) is 17.8. The number of anilines is 3. The number of para-hydroxylation sites is 1. The summed E-state index contributed by atoms with van der Waals surface area (Å²) in [6.45, 7) is 0. The maximum Gasteiger partial charge on any atom is 0.108 e. The Hall–Kier alpha value is -6.88. The molecule has 0 radical (unpaired) electrons. The fourth-order valence-corrected chi connectivity index (χ4v) is 7.68. The summed E-state index contributed by atoms with van der Waals surface area (Å²) in [5, 5.41) is 0. The zero-order valence-corrected chi connectivity index (χ0v) is 28.7. The molecular formula is C51H35N. The zero-order valence-electron chi connectivity index (χ0n) is 28.7. The molecule has 1 atom stereocenters. The third-order valence-corrected chi connectivity index (χ3v) is 10.1. The molecule has 1 aliphatic rings. The molecule has 0 spiro atoms. The van der Waals surface area contributed by atoms with Crippen LogP contribution in [-0.4, -0.2) is 0 Å². The van der Waals surface area contributed by atoms with Crippen LogP contribution in [-0.2, 0) is 5.41 Å². The van der Waals surface area contributed by atoms with Crippen LogP contribution in [0.1, 0.15) is 22.3 Å². The quantitative estimate of drug-likeness (QED) is 0.160. The lowest BCUT2D eigenvalue weighted by atomic mass is 9.72. The van der Waals surface area contributed by atoms with Crippen LogP contribution in [0, 0.1) is 11.8 Å². The van der Waals surface area contributed by atoms with Crippen LogP contribution in [0.15, 0.2) is 212 Å². The SMILES string of the molecule is C(#CC1(c2ccc(-c3ccccc3)cc2)c2ccccc2-c2c(N(c3ccccc3)c3ccc(-c4ccccc4)cc3)cccc21)c1ccccc1. The average Bonchev–Trinajstić information content (AvgIpc) is 3.53. The van der Waals surface area contributed by atoms with E-state index < -0.39 is 5.41 Å². The van der Waals surface area contributed by atoms with Crippen LogP contribution in [0.2, 0.25) is 0 Å². The van der Waals surface area contributed by atoms with Gasteiger partial charge in [-0.3, -0.25) is 0 Å². The summed E-state index contributed by atoms with van der Waals surface area (Å²) >= 11 is 0. The molecule has 52 heavy (non-hydrogen) atoms. The normalized spacial score (nSPS) is 14.1. The topological polar surface area (TPSA) is 3.24 Å². The van der Waals surface area contributed by atoms with E-state index >= 15 is 0 Å². The van der Waals surface area contributed by atoms with Gasteiger partial charge in [0.05, 0.1) is 5.69 Å². The summed E-state index contributed by atoms with van der Waals surface area (Å²) in [4.78, 5) is 2.39. The second-order valence-corrected chi connectivity index (χ2v) is 13.1. The fourth-order valence-electron chi connectivity index (χ4n) is 7.68. The molecule has 0 N–H and O–H groups in total. The maximum absolute atomic E-state index is 3.90. The molecular weight excluding hydrogens is 627 g/mol.